The summed E-state index contributed by atoms with van der Waals surface area (Å²) in [6.45, 7) is 29.7. The lowest BCUT2D eigenvalue weighted by Crippen LogP contribution is -2.59. The third-order valence-corrected chi connectivity index (χ3v) is 24.4. The first-order valence-electron chi connectivity index (χ1n) is 41.7. The van der Waals surface area contributed by atoms with Gasteiger partial charge in [-0.2, -0.15) is 52.7 Å². The van der Waals surface area contributed by atoms with Gasteiger partial charge in [0.2, 0.25) is 23.6 Å². The SMILES string of the molecule is C.CC(C)(C)C(=O)O[C@@H]1C2[C@H]3CC(C[C@@H]1C3)CN2C(=O)CC(F)(F)F.CC(C)(C)OC(=O)N1[C@@H]2CC3C[C@H]1[C@H](O)C2N(C(=O)CC(F)(F)F)C3.CC(C)(C)OC(=O)N1[C@@H]2CC3C[C@H]1[C@H](OC(=O)C(C)(C)C)C2N(C(=O)CC(F)(F)F)C3.COc1ccc2cc(CN3[C@@H]4CC5C[C@H]3[C@H](OC(=O)C(C)(C)C)C4N(C(=O)CC(F)(F)F)C5)ccc2c1.[2H]CC. The van der Waals surface area contributed by atoms with Crippen LogP contribution >= 0.6 is 0 Å². The van der Waals surface area contributed by atoms with E-state index < -0.39 is 198 Å². The molecule has 1 N–H and O–H groups in total. The van der Waals surface area contributed by atoms with E-state index in [9.17, 15) is 101 Å². The minimum atomic E-state index is -4.64. The maximum Gasteiger partial charge on any atom is 0.410 e. The van der Waals surface area contributed by atoms with E-state index in [2.05, 4.69) is 11.0 Å². The number of esters is 3. The first kappa shape index (κ1) is 94.7. The first-order chi connectivity index (χ1) is 55.1. The average Bonchev–Trinajstić information content (AvgIpc) is 1.59. The van der Waals surface area contributed by atoms with Gasteiger partial charge >= 0.3 is 54.8 Å². The molecule has 0 radical (unpaired) electrons. The summed E-state index contributed by atoms with van der Waals surface area (Å²) in [4.78, 5) is 123. The lowest BCUT2D eigenvalue weighted by molar-refractivity contribution is -0.173. The zero-order chi connectivity index (χ0) is 89.5. The fraction of sp³-hybridized carbons (Fsp3) is 0.776. The van der Waals surface area contributed by atoms with Crippen LogP contribution in [-0.4, -0.2) is 247 Å². The van der Waals surface area contributed by atoms with Crippen molar-refractivity contribution in [3.63, 3.8) is 0 Å². The number of methoxy groups -OCH3 is 1. The molecule has 35 heteroatoms. The van der Waals surface area contributed by atoms with Crippen LogP contribution in [0.2, 0.25) is 0 Å². The van der Waals surface area contributed by atoms with Gasteiger partial charge < -0.3 is 53.1 Å². The number of fused-ring (bicyclic) bond motifs is 9. The van der Waals surface area contributed by atoms with Gasteiger partial charge in [0.05, 0.1) is 77.8 Å². The summed E-state index contributed by atoms with van der Waals surface area (Å²) >= 11 is 0. The molecule has 23 nitrogen and oxygen atoms in total. The highest BCUT2D eigenvalue weighted by molar-refractivity contribution is 5.85. The number of carbonyl (C=O) groups excluding carboxylic acids is 9. The van der Waals surface area contributed by atoms with Gasteiger partial charge in [-0.15, -0.1) is 0 Å². The molecule has 2 aliphatic carbocycles. The molecule has 20 atom stereocenters. The number of carbonyl (C=O) groups is 9. The van der Waals surface area contributed by atoms with E-state index in [4.69, 9.17) is 29.8 Å². The molecule has 2 saturated carbocycles. The Hall–Kier alpha value is -7.59. The Morgan fingerprint density at radius 1 is 0.417 bits per heavy atom. The number of ether oxygens (including phenoxy) is 6. The van der Waals surface area contributed by atoms with Crippen molar-refractivity contribution in [3.05, 3.63) is 42.0 Å². The highest BCUT2D eigenvalue weighted by Crippen LogP contribution is 2.55. The fourth-order valence-electron chi connectivity index (χ4n) is 20.1. The fourth-order valence-corrected chi connectivity index (χ4v) is 20.1. The molecule has 10 aliphatic heterocycles. The van der Waals surface area contributed by atoms with E-state index in [1.807, 2.05) is 30.3 Å². The van der Waals surface area contributed by atoms with Crippen molar-refractivity contribution < 1.29 is 131 Å². The number of hydrogen-bond donors (Lipinski definition) is 1. The Balaban J connectivity index is 0.000000183. The van der Waals surface area contributed by atoms with Crippen molar-refractivity contribution in [1.29, 1.82) is 0 Å². The van der Waals surface area contributed by atoms with Crippen LogP contribution in [0.15, 0.2) is 36.4 Å². The van der Waals surface area contributed by atoms with Crippen molar-refractivity contribution in [3.8, 4) is 5.75 Å². The largest absolute Gasteiger partial charge is 0.497 e. The maximum absolute atomic E-state index is 13.2. The summed E-state index contributed by atoms with van der Waals surface area (Å²) < 4.78 is 194. The van der Waals surface area contributed by atoms with E-state index >= 15 is 0 Å². The van der Waals surface area contributed by atoms with Gasteiger partial charge in [-0.05, 0) is 232 Å². The normalized spacial score (nSPS) is 30.7. The van der Waals surface area contributed by atoms with Crippen molar-refractivity contribution >= 4 is 64.5 Å². The monoisotopic (exact) mass is 1720 g/mol. The van der Waals surface area contributed by atoms with E-state index in [0.717, 1.165) is 52.7 Å². The number of halogens is 12. The van der Waals surface area contributed by atoms with Crippen molar-refractivity contribution in [2.24, 2.45) is 51.8 Å². The Morgan fingerprint density at radius 2 is 0.750 bits per heavy atom. The Labute approximate surface area is 695 Å². The number of rotatable bonds is 10. The number of likely N-dealkylation sites (tertiary alicyclic amines) is 4. The lowest BCUT2D eigenvalue weighted by atomic mass is 9.78. The van der Waals surface area contributed by atoms with Crippen LogP contribution in [0.4, 0.5) is 62.3 Å². The summed E-state index contributed by atoms with van der Waals surface area (Å²) in [6.07, 6.45) is -22.7. The number of amides is 6. The molecule has 0 aromatic heterocycles. The van der Waals surface area contributed by atoms with E-state index in [1.54, 1.807) is 118 Å². The first-order valence-corrected chi connectivity index (χ1v) is 41.0. The minimum Gasteiger partial charge on any atom is -0.497 e. The second-order valence-electron chi connectivity index (χ2n) is 39.2. The van der Waals surface area contributed by atoms with Crippen LogP contribution in [0.1, 0.15) is 216 Å². The molecule has 120 heavy (non-hydrogen) atoms. The second-order valence-corrected chi connectivity index (χ2v) is 39.2. The Morgan fingerprint density at radius 3 is 1.18 bits per heavy atom. The van der Waals surface area contributed by atoms with Crippen LogP contribution in [0.25, 0.3) is 10.8 Å². The maximum atomic E-state index is 13.2. The molecule has 10 saturated heterocycles. The van der Waals surface area contributed by atoms with Gasteiger partial charge in [0, 0.05) is 46.2 Å². The van der Waals surface area contributed by atoms with Crippen LogP contribution < -0.4 is 4.74 Å². The summed E-state index contributed by atoms with van der Waals surface area (Å²) in [5.41, 5.74) is -2.71. The number of aliphatic hydroxyl groups excluding tert-OH is 1. The van der Waals surface area contributed by atoms with Crippen LogP contribution in [0.5, 0.6) is 5.75 Å². The molecule has 10 heterocycles. The third kappa shape index (κ3) is 22.1. The average molecular weight is 1730 g/mol. The molecule has 676 valence electrons. The number of benzene rings is 2. The van der Waals surface area contributed by atoms with Crippen LogP contribution in [0, 0.1) is 51.8 Å². The predicted molar refractivity (Wildman–Crippen MR) is 414 cm³/mol. The van der Waals surface area contributed by atoms with Gasteiger partial charge in [0.1, 0.15) is 60.9 Å². The molecule has 14 rings (SSSR count). The van der Waals surface area contributed by atoms with Gasteiger partial charge in [-0.25, -0.2) is 9.59 Å². The van der Waals surface area contributed by atoms with Gasteiger partial charge in [-0.1, -0.05) is 39.4 Å². The zero-order valence-electron chi connectivity index (χ0n) is 71.7. The summed E-state index contributed by atoms with van der Waals surface area (Å²) in [5, 5.41) is 12.7. The summed E-state index contributed by atoms with van der Waals surface area (Å²) in [5.74, 6) is -3.91. The van der Waals surface area contributed by atoms with Crippen molar-refractivity contribution in [2.45, 2.75) is 336 Å². The van der Waals surface area contributed by atoms with Crippen molar-refractivity contribution in [2.75, 3.05) is 33.3 Å². The molecule has 6 amide bonds. The van der Waals surface area contributed by atoms with Crippen LogP contribution in [-0.2, 0) is 63.8 Å². The van der Waals surface area contributed by atoms with Gasteiger partial charge in [-0.3, -0.25) is 48.3 Å². The number of piperidine rings is 7. The van der Waals surface area contributed by atoms with E-state index in [1.165, 1.54) is 24.5 Å². The molecule has 2 aromatic carbocycles. The number of nitrogens with zero attached hydrogens (tertiary/aromatic N) is 7. The molecule has 12 aliphatic rings. The molecule has 0 spiro atoms. The predicted octanol–water partition coefficient (Wildman–Crippen LogP) is 15.2. The Bertz CT molecular complexity index is 4100. The highest BCUT2D eigenvalue weighted by atomic mass is 19.4. The standard InChI is InChI=1S/C28H33F3N2O4.C21H31F3N2O5.C17H24F3NO3.C16H23F3N2O4.C2H6.CH4/c1-27(2,3)26(35)37-25-22-11-17-10-21(24(25)33(15-17)23(34)13-28(29,30)31)32(22)14-16-5-6-19-12-20(36-4)8-7-18(19)9-16;1-19(2,3)17(28)30-16-13-8-11-7-12(26(13)18(29)31-20(4,5)6)15(16)25(10-11)14(27)9-21(22,23)24;1-16(2,3)15(23)24-14-11-5-9-4-10(6-11)13(14)21(8-9)12(22)7-17(18,19)20;1-15(2,3)25-14(24)21-9-4-8-5-10(21)13(23)12(9)20(7-8)11(22)6-16(17,18)19;1-2;/h5-9,12,17,21-22,24-25H,10-11,13-15H2,1-4H3;11-13,15-16H,7-10H2,1-6H3;9-11,13-14H,4-8H2,1-3H3;8-10,12-13,23H,4-7H2,1-3H3;1-2H3;1H4/t17?,21-,22+,24?,25+;11?,12-,13+,15?,16+;9?,10-,11+,13?,14-;8?,9-,10+,12?,13+;;/m1101../s1/i;;;;1D;. The topological polar surface area (TPSA) is 252 Å². The second kappa shape index (κ2) is 35.2. The van der Waals surface area contributed by atoms with Crippen LogP contribution in [0.3, 0.4) is 0 Å². The minimum absolute atomic E-state index is 0. The third-order valence-electron chi connectivity index (χ3n) is 24.4. The Kier molecular flexibility index (Phi) is 27.8. The molecule has 8 unspecified atom stereocenters. The van der Waals surface area contributed by atoms with Gasteiger partial charge in [0.15, 0.2) is 0 Å². The molecule has 12 bridgehead atoms. The number of aliphatic hydroxyl groups is 1. The highest BCUT2D eigenvalue weighted by Gasteiger charge is 2.67. The van der Waals surface area contributed by atoms with E-state index in [-0.39, 0.29) is 80.6 Å². The number of alkyl halides is 12. The smallest absolute Gasteiger partial charge is 0.410 e. The summed E-state index contributed by atoms with van der Waals surface area (Å²) in [6, 6.07) is 6.99. The molecule has 12 fully saturated rings. The summed E-state index contributed by atoms with van der Waals surface area (Å²) in [7, 11) is 1.63. The molecular formula is C85H121F12N7O16. The molecular weight excluding hydrogens is 1600 g/mol. The molecule has 2 aromatic rings. The number of hydrogen-bond acceptors (Lipinski definition) is 17. The zero-order valence-corrected chi connectivity index (χ0v) is 70.7. The van der Waals surface area contributed by atoms with Gasteiger partial charge in [0.25, 0.3) is 0 Å². The lowest BCUT2D eigenvalue weighted by Gasteiger charge is -2.46. The van der Waals surface area contributed by atoms with E-state index in [0.29, 0.717) is 52.1 Å². The van der Waals surface area contributed by atoms with Crippen molar-refractivity contribution in [1.82, 2.24) is 34.3 Å². The quantitative estimate of drug-likeness (QED) is 0.132.